The van der Waals surface area contributed by atoms with E-state index in [0.29, 0.717) is 22.0 Å². The minimum Gasteiger partial charge on any atom is -0.477 e. The van der Waals surface area contributed by atoms with Gasteiger partial charge in [0.1, 0.15) is 11.3 Å². The molecule has 8 heteroatoms. The largest absolute Gasteiger partial charge is 0.477 e. The fourth-order valence-electron chi connectivity index (χ4n) is 1.79. The number of amides is 1. The molecule has 0 saturated carbocycles. The first kappa shape index (κ1) is 16.8. The highest BCUT2D eigenvalue weighted by atomic mass is 35.5. The number of halogens is 1. The number of hydrogen-bond donors (Lipinski definition) is 3. The number of aromatic amines is 1. The molecule has 0 atom stereocenters. The molecule has 2 aromatic rings. The first-order valence-electron chi connectivity index (χ1n) is 6.74. The van der Waals surface area contributed by atoms with E-state index in [9.17, 15) is 9.59 Å². The number of carboxylic acids is 1. The lowest BCUT2D eigenvalue weighted by atomic mass is 10.1. The van der Waals surface area contributed by atoms with Crippen LogP contribution in [0, 0.1) is 0 Å². The Balaban J connectivity index is 2.17. The summed E-state index contributed by atoms with van der Waals surface area (Å²) in [6.45, 7) is 5.29. The van der Waals surface area contributed by atoms with Crippen molar-refractivity contribution in [2.75, 3.05) is 5.32 Å². The van der Waals surface area contributed by atoms with Gasteiger partial charge < -0.3 is 9.84 Å². The van der Waals surface area contributed by atoms with Gasteiger partial charge in [-0.2, -0.15) is 5.10 Å². The Bertz CT molecular complexity index is 749. The van der Waals surface area contributed by atoms with Gasteiger partial charge in [0.05, 0.1) is 10.7 Å². The lowest BCUT2D eigenvalue weighted by Crippen LogP contribution is -2.27. The highest BCUT2D eigenvalue weighted by molar-refractivity contribution is 6.33. The number of carbonyl (C=O) groups excluding carboxylic acids is 1. The minimum absolute atomic E-state index is 0.0352. The van der Waals surface area contributed by atoms with E-state index in [1.165, 1.54) is 12.1 Å². The van der Waals surface area contributed by atoms with E-state index in [0.717, 1.165) is 0 Å². The first-order chi connectivity index (χ1) is 10.7. The zero-order valence-electron chi connectivity index (χ0n) is 12.8. The molecule has 0 aliphatic carbocycles. The number of nitrogens with zero attached hydrogens (tertiary/aromatic N) is 1. The first-order valence-corrected chi connectivity index (χ1v) is 7.12. The standard InChI is InChI=1S/C15H16ClN3O4/c1-15(2,3)23-14(22)17-8-4-5-9(10(16)6-8)11-7-12(13(20)21)19-18-11/h4-7H,1-3H3,(H,17,22)(H,18,19)(H,20,21). The fourth-order valence-corrected chi connectivity index (χ4v) is 2.07. The fraction of sp³-hybridized carbons (Fsp3) is 0.267. The molecule has 3 N–H and O–H groups in total. The molecule has 0 bridgehead atoms. The third-order valence-corrected chi connectivity index (χ3v) is 3.01. The number of aromatic nitrogens is 2. The Kier molecular flexibility index (Phi) is 4.60. The molecule has 1 aromatic carbocycles. The Morgan fingerprint density at radius 2 is 2.00 bits per heavy atom. The van der Waals surface area contributed by atoms with E-state index in [2.05, 4.69) is 15.5 Å². The minimum atomic E-state index is -1.11. The number of anilines is 1. The van der Waals surface area contributed by atoms with Gasteiger partial charge >= 0.3 is 12.1 Å². The molecule has 0 fully saturated rings. The quantitative estimate of drug-likeness (QED) is 0.790. The number of benzene rings is 1. The number of carbonyl (C=O) groups is 2. The molecule has 0 unspecified atom stereocenters. The zero-order chi connectivity index (χ0) is 17.2. The Hall–Kier alpha value is -2.54. The van der Waals surface area contributed by atoms with Gasteiger partial charge in [0.15, 0.2) is 0 Å². The maximum Gasteiger partial charge on any atom is 0.412 e. The van der Waals surface area contributed by atoms with Crippen molar-refractivity contribution in [1.82, 2.24) is 10.2 Å². The van der Waals surface area contributed by atoms with Gasteiger partial charge in [-0.3, -0.25) is 10.4 Å². The molecule has 1 aromatic heterocycles. The second kappa shape index (κ2) is 6.29. The van der Waals surface area contributed by atoms with Crippen LogP contribution in [0.2, 0.25) is 5.02 Å². The number of H-pyrrole nitrogens is 1. The molecule has 0 saturated heterocycles. The van der Waals surface area contributed by atoms with Gasteiger partial charge in [-0.1, -0.05) is 11.6 Å². The normalized spacial score (nSPS) is 11.1. The van der Waals surface area contributed by atoms with E-state index in [1.807, 2.05) is 0 Å². The number of ether oxygens (including phenoxy) is 1. The van der Waals surface area contributed by atoms with E-state index in [1.54, 1.807) is 32.9 Å². The summed E-state index contributed by atoms with van der Waals surface area (Å²) in [6, 6.07) is 6.18. The van der Waals surface area contributed by atoms with Gasteiger partial charge in [0.2, 0.25) is 0 Å². The van der Waals surface area contributed by atoms with Gasteiger partial charge in [-0.15, -0.1) is 0 Å². The summed E-state index contributed by atoms with van der Waals surface area (Å²) in [5.41, 5.74) is 0.770. The van der Waals surface area contributed by atoms with Crippen molar-refractivity contribution in [3.63, 3.8) is 0 Å². The molecular formula is C15H16ClN3O4. The van der Waals surface area contributed by atoms with E-state index in [4.69, 9.17) is 21.4 Å². The molecular weight excluding hydrogens is 322 g/mol. The van der Waals surface area contributed by atoms with Gasteiger partial charge in [0.25, 0.3) is 0 Å². The summed E-state index contributed by atoms with van der Waals surface area (Å²) in [5.74, 6) is -1.11. The van der Waals surface area contributed by atoms with Crippen LogP contribution in [0.5, 0.6) is 0 Å². The lowest BCUT2D eigenvalue weighted by molar-refractivity contribution is 0.0634. The molecule has 23 heavy (non-hydrogen) atoms. The summed E-state index contributed by atoms with van der Waals surface area (Å²) >= 11 is 6.18. The van der Waals surface area contributed by atoms with Crippen LogP contribution < -0.4 is 5.32 Å². The summed E-state index contributed by atoms with van der Waals surface area (Å²) < 4.78 is 5.15. The van der Waals surface area contributed by atoms with Crippen LogP contribution in [-0.2, 0) is 4.74 Å². The lowest BCUT2D eigenvalue weighted by Gasteiger charge is -2.19. The zero-order valence-corrected chi connectivity index (χ0v) is 13.6. The predicted octanol–water partition coefficient (Wildman–Crippen LogP) is 3.78. The van der Waals surface area contributed by atoms with Crippen LogP contribution in [0.3, 0.4) is 0 Å². The highest BCUT2D eigenvalue weighted by Crippen LogP contribution is 2.29. The molecule has 7 nitrogen and oxygen atoms in total. The molecule has 2 rings (SSSR count). The second-order valence-electron chi connectivity index (χ2n) is 5.79. The topological polar surface area (TPSA) is 104 Å². The number of hydrogen-bond acceptors (Lipinski definition) is 4. The summed E-state index contributed by atoms with van der Waals surface area (Å²) in [5, 5.41) is 18.1. The predicted molar refractivity (Wildman–Crippen MR) is 85.8 cm³/mol. The van der Waals surface area contributed by atoms with Gasteiger partial charge in [-0.25, -0.2) is 9.59 Å². The van der Waals surface area contributed by atoms with Crippen LogP contribution in [0.15, 0.2) is 24.3 Å². The molecule has 0 spiro atoms. The van der Waals surface area contributed by atoms with E-state index in [-0.39, 0.29) is 5.69 Å². The third-order valence-electron chi connectivity index (χ3n) is 2.70. The SMILES string of the molecule is CC(C)(C)OC(=O)Nc1ccc(-c2cc(C(=O)O)[nH]n2)c(Cl)c1. The van der Waals surface area contributed by atoms with Crippen LogP contribution in [0.25, 0.3) is 11.3 Å². The number of nitrogens with one attached hydrogen (secondary N) is 2. The summed E-state index contributed by atoms with van der Waals surface area (Å²) in [4.78, 5) is 22.6. The van der Waals surface area contributed by atoms with Crippen molar-refractivity contribution in [2.24, 2.45) is 0 Å². The number of carboxylic acid groups (broad SMARTS) is 1. The molecule has 122 valence electrons. The smallest absolute Gasteiger partial charge is 0.412 e. The monoisotopic (exact) mass is 337 g/mol. The Labute approximate surface area is 137 Å². The number of rotatable bonds is 3. The van der Waals surface area contributed by atoms with Crippen LogP contribution in [0.4, 0.5) is 10.5 Å². The van der Waals surface area contributed by atoms with Crippen molar-refractivity contribution in [2.45, 2.75) is 26.4 Å². The van der Waals surface area contributed by atoms with Crippen molar-refractivity contribution >= 4 is 29.4 Å². The molecule has 1 heterocycles. The molecule has 0 aliphatic rings. The van der Waals surface area contributed by atoms with Crippen molar-refractivity contribution in [1.29, 1.82) is 0 Å². The van der Waals surface area contributed by atoms with Crippen molar-refractivity contribution in [3.05, 3.63) is 35.0 Å². The molecule has 1 amide bonds. The van der Waals surface area contributed by atoms with Crippen LogP contribution in [-0.4, -0.2) is 33.0 Å². The average molecular weight is 338 g/mol. The maximum absolute atomic E-state index is 11.7. The molecule has 0 radical (unpaired) electrons. The van der Waals surface area contributed by atoms with Gasteiger partial charge in [-0.05, 0) is 45.0 Å². The van der Waals surface area contributed by atoms with Crippen LogP contribution >= 0.6 is 11.6 Å². The van der Waals surface area contributed by atoms with Crippen LogP contribution in [0.1, 0.15) is 31.3 Å². The van der Waals surface area contributed by atoms with Crippen molar-refractivity contribution < 1.29 is 19.4 Å². The summed E-state index contributed by atoms with van der Waals surface area (Å²) in [6.07, 6.45) is -0.589. The second-order valence-corrected chi connectivity index (χ2v) is 6.20. The Morgan fingerprint density at radius 1 is 1.30 bits per heavy atom. The van der Waals surface area contributed by atoms with E-state index < -0.39 is 17.7 Å². The van der Waals surface area contributed by atoms with Gasteiger partial charge in [0, 0.05) is 11.3 Å². The maximum atomic E-state index is 11.7. The average Bonchev–Trinajstić information content (AvgIpc) is 2.85. The number of aromatic carboxylic acids is 1. The van der Waals surface area contributed by atoms with E-state index >= 15 is 0 Å². The highest BCUT2D eigenvalue weighted by Gasteiger charge is 2.17. The summed E-state index contributed by atoms with van der Waals surface area (Å²) in [7, 11) is 0. The third kappa shape index (κ3) is 4.46. The van der Waals surface area contributed by atoms with Crippen molar-refractivity contribution in [3.8, 4) is 11.3 Å². The molecule has 0 aliphatic heterocycles. The Morgan fingerprint density at radius 3 is 2.52 bits per heavy atom.